The lowest BCUT2D eigenvalue weighted by Gasteiger charge is -2.26. The van der Waals surface area contributed by atoms with Crippen LogP contribution in [0.3, 0.4) is 0 Å². The van der Waals surface area contributed by atoms with E-state index >= 15 is 0 Å². The first kappa shape index (κ1) is 21.2. The minimum absolute atomic E-state index is 0.146. The molecule has 0 radical (unpaired) electrons. The molecule has 0 saturated carbocycles. The predicted molar refractivity (Wildman–Crippen MR) is 102 cm³/mol. The molecular weight excluding hydrogens is 364 g/mol. The van der Waals surface area contributed by atoms with Crippen LogP contribution in [0, 0.1) is 0 Å². The van der Waals surface area contributed by atoms with Gasteiger partial charge in [-0.15, -0.1) is 0 Å². The van der Waals surface area contributed by atoms with Crippen LogP contribution in [0.5, 0.6) is 11.5 Å². The molecule has 2 aromatic carbocycles. The first-order valence-corrected chi connectivity index (χ1v) is 8.76. The average molecular weight is 388 g/mol. The number of phenolic OH excluding ortho intramolecular Hbond substituents is 2. The summed E-state index contributed by atoms with van der Waals surface area (Å²) < 4.78 is 0. The van der Waals surface area contributed by atoms with Crippen LogP contribution >= 0.6 is 0 Å². The fourth-order valence-electron chi connectivity index (χ4n) is 2.92. The van der Waals surface area contributed by atoms with E-state index in [1.807, 2.05) is 17.0 Å². The minimum atomic E-state index is -1.09. The van der Waals surface area contributed by atoms with Gasteiger partial charge in [0.2, 0.25) is 0 Å². The van der Waals surface area contributed by atoms with E-state index in [1.54, 1.807) is 36.4 Å². The maximum atomic E-state index is 11.0. The van der Waals surface area contributed by atoms with Gasteiger partial charge < -0.3 is 20.4 Å². The van der Waals surface area contributed by atoms with Crippen molar-refractivity contribution in [3.05, 3.63) is 59.7 Å². The summed E-state index contributed by atoms with van der Waals surface area (Å²) in [7, 11) is 0. The van der Waals surface area contributed by atoms with Crippen molar-refractivity contribution in [1.82, 2.24) is 9.80 Å². The molecule has 0 bridgehead atoms. The maximum absolute atomic E-state index is 11.0. The highest BCUT2D eigenvalue weighted by Gasteiger charge is 2.16. The number of hydrogen-bond acceptors (Lipinski definition) is 6. The highest BCUT2D eigenvalue weighted by Crippen LogP contribution is 2.17. The van der Waals surface area contributed by atoms with E-state index in [4.69, 9.17) is 10.2 Å². The van der Waals surface area contributed by atoms with Crippen molar-refractivity contribution in [2.45, 2.75) is 13.1 Å². The van der Waals surface area contributed by atoms with Crippen LogP contribution in [0.1, 0.15) is 11.1 Å². The number of aliphatic carboxylic acids is 2. The number of benzene rings is 2. The highest BCUT2D eigenvalue weighted by atomic mass is 16.4. The van der Waals surface area contributed by atoms with Crippen LogP contribution in [-0.2, 0) is 22.7 Å². The topological polar surface area (TPSA) is 122 Å². The Morgan fingerprint density at radius 2 is 1.14 bits per heavy atom. The van der Waals surface area contributed by atoms with Gasteiger partial charge in [0, 0.05) is 26.2 Å². The van der Waals surface area contributed by atoms with Crippen LogP contribution in [0.15, 0.2) is 48.5 Å². The van der Waals surface area contributed by atoms with Crippen molar-refractivity contribution in [1.29, 1.82) is 0 Å². The van der Waals surface area contributed by atoms with Crippen molar-refractivity contribution in [3.8, 4) is 11.5 Å². The van der Waals surface area contributed by atoms with Gasteiger partial charge in [-0.1, -0.05) is 24.3 Å². The van der Waals surface area contributed by atoms with Crippen LogP contribution in [0.25, 0.3) is 0 Å². The molecule has 0 saturated heterocycles. The Bertz CT molecular complexity index is 747. The fraction of sp³-hybridized carbons (Fsp3) is 0.300. The Morgan fingerprint density at radius 3 is 1.54 bits per heavy atom. The monoisotopic (exact) mass is 388 g/mol. The summed E-state index contributed by atoms with van der Waals surface area (Å²) >= 11 is 0. The summed E-state index contributed by atoms with van der Waals surface area (Å²) in [5.41, 5.74) is 1.73. The molecule has 8 heteroatoms. The molecule has 150 valence electrons. The minimum Gasteiger partial charge on any atom is -0.508 e. The number of aromatic hydroxyl groups is 2. The van der Waals surface area contributed by atoms with Crippen LogP contribution < -0.4 is 0 Å². The number of hydrogen-bond donors (Lipinski definition) is 4. The van der Waals surface area contributed by atoms with E-state index in [0.29, 0.717) is 19.6 Å². The molecule has 0 aromatic heterocycles. The van der Waals surface area contributed by atoms with Crippen molar-refractivity contribution < 1.29 is 30.0 Å². The normalized spacial score (nSPS) is 11.1. The fourth-order valence-corrected chi connectivity index (χ4v) is 2.92. The predicted octanol–water partition coefficient (Wildman–Crippen LogP) is 1.57. The molecule has 0 amide bonds. The summed E-state index contributed by atoms with van der Waals surface area (Å²) in [4.78, 5) is 25.3. The SMILES string of the molecule is O=C(O)CN(CCN(Cc1cccc(O)c1)Cc1cccc(O)c1)CC(=O)O. The smallest absolute Gasteiger partial charge is 0.317 e. The lowest BCUT2D eigenvalue weighted by molar-refractivity contribution is -0.141. The van der Waals surface area contributed by atoms with E-state index in [9.17, 15) is 19.8 Å². The van der Waals surface area contributed by atoms with E-state index in [-0.39, 0.29) is 31.1 Å². The van der Waals surface area contributed by atoms with Crippen molar-refractivity contribution >= 4 is 11.9 Å². The lowest BCUT2D eigenvalue weighted by Crippen LogP contribution is -2.40. The summed E-state index contributed by atoms with van der Waals surface area (Å²) in [5, 5.41) is 37.3. The van der Waals surface area contributed by atoms with Gasteiger partial charge >= 0.3 is 11.9 Å². The number of nitrogens with zero attached hydrogens (tertiary/aromatic N) is 2. The Kier molecular flexibility index (Phi) is 7.79. The number of rotatable bonds is 11. The summed E-state index contributed by atoms with van der Waals surface area (Å²) in [6.07, 6.45) is 0. The molecule has 0 atom stereocenters. The zero-order valence-corrected chi connectivity index (χ0v) is 15.4. The second kappa shape index (κ2) is 10.3. The van der Waals surface area contributed by atoms with Crippen molar-refractivity contribution in [2.24, 2.45) is 0 Å². The Balaban J connectivity index is 2.11. The first-order valence-electron chi connectivity index (χ1n) is 8.76. The number of carbonyl (C=O) groups is 2. The molecular formula is C20H24N2O6. The Labute approximate surface area is 162 Å². The second-order valence-electron chi connectivity index (χ2n) is 6.55. The zero-order valence-electron chi connectivity index (χ0n) is 15.4. The molecule has 0 fully saturated rings. The number of carboxylic acids is 2. The van der Waals surface area contributed by atoms with Crippen molar-refractivity contribution in [3.63, 3.8) is 0 Å². The highest BCUT2D eigenvalue weighted by molar-refractivity contribution is 5.72. The molecule has 0 aliphatic carbocycles. The van der Waals surface area contributed by atoms with Gasteiger partial charge in [0.1, 0.15) is 11.5 Å². The van der Waals surface area contributed by atoms with Crippen LogP contribution in [0.2, 0.25) is 0 Å². The van der Waals surface area contributed by atoms with Gasteiger partial charge in [-0.25, -0.2) is 0 Å². The van der Waals surface area contributed by atoms with Gasteiger partial charge in [0.05, 0.1) is 13.1 Å². The first-order chi connectivity index (χ1) is 13.3. The maximum Gasteiger partial charge on any atom is 0.317 e. The number of phenols is 2. The van der Waals surface area contributed by atoms with Crippen LogP contribution in [0.4, 0.5) is 0 Å². The molecule has 2 rings (SSSR count). The van der Waals surface area contributed by atoms with Crippen molar-refractivity contribution in [2.75, 3.05) is 26.2 Å². The van der Waals surface area contributed by atoms with E-state index in [0.717, 1.165) is 11.1 Å². The third-order valence-electron chi connectivity index (χ3n) is 4.08. The average Bonchev–Trinajstić information content (AvgIpc) is 2.58. The Morgan fingerprint density at radius 1 is 0.714 bits per heavy atom. The lowest BCUT2D eigenvalue weighted by atomic mass is 10.1. The van der Waals surface area contributed by atoms with Crippen LogP contribution in [-0.4, -0.2) is 68.3 Å². The summed E-state index contributed by atoms with van der Waals surface area (Å²) in [5.74, 6) is -1.89. The zero-order chi connectivity index (χ0) is 20.5. The molecule has 2 aromatic rings. The van der Waals surface area contributed by atoms with Gasteiger partial charge in [-0.2, -0.15) is 0 Å². The number of carboxylic acid groups (broad SMARTS) is 2. The molecule has 0 spiro atoms. The summed E-state index contributed by atoms with van der Waals surface area (Å²) in [6.45, 7) is 0.870. The van der Waals surface area contributed by atoms with Gasteiger partial charge in [-0.05, 0) is 35.4 Å². The molecule has 0 aliphatic rings. The standard InChI is InChI=1S/C20H24N2O6/c23-17-5-1-3-15(9-17)11-21(12-16-4-2-6-18(24)10-16)7-8-22(13-19(25)26)14-20(27)28/h1-6,9-10,23-24H,7-8,11-14H2,(H,25,26)(H,27,28). The molecule has 8 nitrogen and oxygen atoms in total. The molecule has 0 aliphatic heterocycles. The van der Waals surface area contributed by atoms with Gasteiger partial charge in [-0.3, -0.25) is 19.4 Å². The van der Waals surface area contributed by atoms with Gasteiger partial charge in [0.25, 0.3) is 0 Å². The van der Waals surface area contributed by atoms with E-state index in [1.165, 1.54) is 4.90 Å². The summed E-state index contributed by atoms with van der Waals surface area (Å²) in [6, 6.07) is 13.6. The third kappa shape index (κ3) is 7.65. The Hall–Kier alpha value is -3.10. The molecule has 0 unspecified atom stereocenters. The quantitative estimate of drug-likeness (QED) is 0.458. The molecule has 4 N–H and O–H groups in total. The molecule has 28 heavy (non-hydrogen) atoms. The van der Waals surface area contributed by atoms with E-state index < -0.39 is 11.9 Å². The van der Waals surface area contributed by atoms with Gasteiger partial charge in [0.15, 0.2) is 0 Å². The second-order valence-corrected chi connectivity index (χ2v) is 6.55. The largest absolute Gasteiger partial charge is 0.508 e. The molecule has 0 heterocycles. The van der Waals surface area contributed by atoms with E-state index in [2.05, 4.69) is 0 Å². The third-order valence-corrected chi connectivity index (χ3v) is 4.08.